The van der Waals surface area contributed by atoms with Crippen LogP contribution >= 0.6 is 0 Å². The van der Waals surface area contributed by atoms with E-state index < -0.39 is 6.36 Å². The topological polar surface area (TPSA) is 50.8 Å². The standard InChI is InChI=1S/C15H19F3N2O3/c1-20-6-7-22-13(10-20)9-19-14(21)8-11-2-4-12(5-3-11)23-15(16,17)18/h2-5,13H,6-10H2,1H3,(H,19,21)/t13-/m0/s1. The molecular formula is C15H19F3N2O3. The summed E-state index contributed by atoms with van der Waals surface area (Å²) in [5, 5.41) is 2.77. The lowest BCUT2D eigenvalue weighted by atomic mass is 10.1. The van der Waals surface area contributed by atoms with Gasteiger partial charge in [-0.2, -0.15) is 0 Å². The van der Waals surface area contributed by atoms with E-state index in [0.29, 0.717) is 18.7 Å². The zero-order valence-corrected chi connectivity index (χ0v) is 12.7. The lowest BCUT2D eigenvalue weighted by Crippen LogP contribution is -2.46. The van der Waals surface area contributed by atoms with E-state index in [1.807, 2.05) is 7.05 Å². The van der Waals surface area contributed by atoms with E-state index in [-0.39, 0.29) is 24.2 Å². The van der Waals surface area contributed by atoms with E-state index in [0.717, 1.165) is 13.1 Å². The smallest absolute Gasteiger partial charge is 0.406 e. The van der Waals surface area contributed by atoms with Gasteiger partial charge in [-0.25, -0.2) is 0 Å². The molecule has 1 amide bonds. The molecule has 0 spiro atoms. The van der Waals surface area contributed by atoms with Gasteiger partial charge in [-0.1, -0.05) is 12.1 Å². The van der Waals surface area contributed by atoms with Gasteiger partial charge in [-0.3, -0.25) is 4.79 Å². The number of benzene rings is 1. The van der Waals surface area contributed by atoms with Crippen molar-refractivity contribution in [2.45, 2.75) is 18.9 Å². The van der Waals surface area contributed by atoms with E-state index in [4.69, 9.17) is 4.74 Å². The zero-order chi connectivity index (χ0) is 16.9. The molecule has 0 aliphatic carbocycles. The first-order valence-corrected chi connectivity index (χ1v) is 7.23. The van der Waals surface area contributed by atoms with Crippen LogP contribution in [-0.4, -0.2) is 56.6 Å². The van der Waals surface area contributed by atoms with Crippen LogP contribution in [0.3, 0.4) is 0 Å². The van der Waals surface area contributed by atoms with Crippen molar-refractivity contribution in [1.82, 2.24) is 10.2 Å². The van der Waals surface area contributed by atoms with Crippen LogP contribution in [0, 0.1) is 0 Å². The number of halogens is 3. The Labute approximate surface area is 132 Å². The minimum Gasteiger partial charge on any atom is -0.406 e. The van der Waals surface area contributed by atoms with E-state index in [1.165, 1.54) is 24.3 Å². The van der Waals surface area contributed by atoms with Crippen LogP contribution in [0.5, 0.6) is 5.75 Å². The third-order valence-corrected chi connectivity index (χ3v) is 3.39. The summed E-state index contributed by atoms with van der Waals surface area (Å²) < 4.78 is 45.5. The Bertz CT molecular complexity index is 520. The molecule has 5 nitrogen and oxygen atoms in total. The maximum atomic E-state index is 12.1. The molecule has 0 saturated carbocycles. The van der Waals surface area contributed by atoms with Gasteiger partial charge in [0.25, 0.3) is 0 Å². The fourth-order valence-corrected chi connectivity index (χ4v) is 2.27. The largest absolute Gasteiger partial charge is 0.573 e. The molecule has 1 aliphatic heterocycles. The molecule has 8 heteroatoms. The van der Waals surface area contributed by atoms with Gasteiger partial charge in [0.1, 0.15) is 5.75 Å². The first-order valence-electron chi connectivity index (χ1n) is 7.23. The number of morpholine rings is 1. The van der Waals surface area contributed by atoms with Crippen molar-refractivity contribution in [2.75, 3.05) is 33.3 Å². The Balaban J connectivity index is 1.76. The SMILES string of the molecule is CN1CCO[C@@H](CNC(=O)Cc2ccc(OC(F)(F)F)cc2)C1. The Morgan fingerprint density at radius 1 is 1.39 bits per heavy atom. The molecule has 0 unspecified atom stereocenters. The van der Waals surface area contributed by atoms with Crippen LogP contribution in [0.25, 0.3) is 0 Å². The highest BCUT2D eigenvalue weighted by atomic mass is 19.4. The molecule has 23 heavy (non-hydrogen) atoms. The molecule has 2 rings (SSSR count). The maximum absolute atomic E-state index is 12.1. The summed E-state index contributed by atoms with van der Waals surface area (Å²) in [6.45, 7) is 2.68. The quantitative estimate of drug-likeness (QED) is 0.889. The fourth-order valence-electron chi connectivity index (χ4n) is 2.27. The lowest BCUT2D eigenvalue weighted by Gasteiger charge is -2.30. The lowest BCUT2D eigenvalue weighted by molar-refractivity contribution is -0.274. The van der Waals surface area contributed by atoms with Crippen molar-refractivity contribution in [3.05, 3.63) is 29.8 Å². The third-order valence-electron chi connectivity index (χ3n) is 3.39. The number of nitrogens with one attached hydrogen (secondary N) is 1. The molecule has 0 bridgehead atoms. The molecular weight excluding hydrogens is 313 g/mol. The fraction of sp³-hybridized carbons (Fsp3) is 0.533. The molecule has 0 aromatic heterocycles. The highest BCUT2D eigenvalue weighted by Gasteiger charge is 2.30. The van der Waals surface area contributed by atoms with Crippen molar-refractivity contribution in [1.29, 1.82) is 0 Å². The summed E-state index contributed by atoms with van der Waals surface area (Å²) >= 11 is 0. The molecule has 1 aliphatic rings. The van der Waals surface area contributed by atoms with Crippen LogP contribution in [0.15, 0.2) is 24.3 Å². The molecule has 1 fully saturated rings. The Morgan fingerprint density at radius 3 is 2.70 bits per heavy atom. The van der Waals surface area contributed by atoms with Gasteiger partial charge in [0.05, 0.1) is 19.1 Å². The number of alkyl halides is 3. The van der Waals surface area contributed by atoms with Crippen molar-refractivity contribution < 1.29 is 27.4 Å². The number of likely N-dealkylation sites (N-methyl/N-ethyl adjacent to an activating group) is 1. The van der Waals surface area contributed by atoms with Crippen LogP contribution < -0.4 is 10.1 Å². The first-order chi connectivity index (χ1) is 10.8. The Morgan fingerprint density at radius 2 is 2.09 bits per heavy atom. The number of amides is 1. The summed E-state index contributed by atoms with van der Waals surface area (Å²) in [4.78, 5) is 14.0. The van der Waals surface area contributed by atoms with Crippen molar-refractivity contribution >= 4 is 5.91 Å². The molecule has 1 N–H and O–H groups in total. The Kier molecular flexibility index (Phi) is 5.84. The number of ether oxygens (including phenoxy) is 2. The molecule has 1 saturated heterocycles. The van der Waals surface area contributed by atoms with Crippen LogP contribution in [0.2, 0.25) is 0 Å². The monoisotopic (exact) mass is 332 g/mol. The van der Waals surface area contributed by atoms with Crippen molar-refractivity contribution in [3.63, 3.8) is 0 Å². The van der Waals surface area contributed by atoms with Gasteiger partial charge in [0, 0.05) is 19.6 Å². The van der Waals surface area contributed by atoms with Gasteiger partial charge in [0.2, 0.25) is 5.91 Å². The number of carbonyl (C=O) groups is 1. The van der Waals surface area contributed by atoms with Gasteiger partial charge < -0.3 is 19.7 Å². The predicted molar refractivity (Wildman–Crippen MR) is 77.1 cm³/mol. The number of hydrogen-bond acceptors (Lipinski definition) is 4. The zero-order valence-electron chi connectivity index (χ0n) is 12.7. The maximum Gasteiger partial charge on any atom is 0.573 e. The molecule has 1 aromatic rings. The minimum atomic E-state index is -4.72. The van der Waals surface area contributed by atoms with Gasteiger partial charge in [-0.15, -0.1) is 13.2 Å². The van der Waals surface area contributed by atoms with Gasteiger partial charge >= 0.3 is 6.36 Å². The normalized spacial score (nSPS) is 19.4. The van der Waals surface area contributed by atoms with Crippen LogP contribution in [0.4, 0.5) is 13.2 Å². The second-order valence-electron chi connectivity index (χ2n) is 5.43. The minimum absolute atomic E-state index is 0.0414. The van der Waals surface area contributed by atoms with E-state index in [1.54, 1.807) is 0 Å². The number of rotatable bonds is 5. The molecule has 0 radical (unpaired) electrons. The highest BCUT2D eigenvalue weighted by Crippen LogP contribution is 2.22. The number of nitrogens with zero attached hydrogens (tertiary/aromatic N) is 1. The highest BCUT2D eigenvalue weighted by molar-refractivity contribution is 5.78. The summed E-state index contributed by atoms with van der Waals surface area (Å²) in [7, 11) is 1.99. The van der Waals surface area contributed by atoms with Crippen molar-refractivity contribution in [3.8, 4) is 5.75 Å². The molecule has 1 heterocycles. The van der Waals surface area contributed by atoms with Crippen molar-refractivity contribution in [2.24, 2.45) is 0 Å². The van der Waals surface area contributed by atoms with E-state index >= 15 is 0 Å². The van der Waals surface area contributed by atoms with E-state index in [9.17, 15) is 18.0 Å². The summed E-state index contributed by atoms with van der Waals surface area (Å²) in [5.74, 6) is -0.508. The Hall–Kier alpha value is -1.80. The summed E-state index contributed by atoms with van der Waals surface area (Å²) in [6, 6.07) is 5.25. The van der Waals surface area contributed by atoms with Crippen LogP contribution in [-0.2, 0) is 16.0 Å². The average molecular weight is 332 g/mol. The second-order valence-corrected chi connectivity index (χ2v) is 5.43. The third kappa shape index (κ3) is 6.45. The first kappa shape index (κ1) is 17.6. The van der Waals surface area contributed by atoms with Gasteiger partial charge in [0.15, 0.2) is 0 Å². The summed E-state index contributed by atoms with van der Waals surface area (Å²) in [5.41, 5.74) is 0.610. The second kappa shape index (κ2) is 7.65. The average Bonchev–Trinajstić information content (AvgIpc) is 2.46. The number of carbonyl (C=O) groups excluding carboxylic acids is 1. The molecule has 128 valence electrons. The summed E-state index contributed by atoms with van der Waals surface area (Å²) in [6.07, 6.45) is -4.67. The molecule has 1 atom stereocenters. The molecule has 1 aromatic carbocycles. The predicted octanol–water partition coefficient (Wildman–Crippen LogP) is 1.57. The van der Waals surface area contributed by atoms with Gasteiger partial charge in [-0.05, 0) is 24.7 Å². The van der Waals surface area contributed by atoms with Crippen LogP contribution in [0.1, 0.15) is 5.56 Å². The number of hydrogen-bond donors (Lipinski definition) is 1. The van der Waals surface area contributed by atoms with E-state index in [2.05, 4.69) is 15.0 Å².